The van der Waals surface area contributed by atoms with E-state index in [1.807, 2.05) is 0 Å². The van der Waals surface area contributed by atoms with Gasteiger partial charge in [-0.05, 0) is 55.5 Å². The van der Waals surface area contributed by atoms with Gasteiger partial charge in [-0.2, -0.15) is 13.2 Å². The van der Waals surface area contributed by atoms with Gasteiger partial charge in [0.2, 0.25) is 0 Å². The minimum Gasteiger partial charge on any atom is -0.488 e. The van der Waals surface area contributed by atoms with Gasteiger partial charge in [-0.1, -0.05) is 6.92 Å². The van der Waals surface area contributed by atoms with Crippen LogP contribution in [0.3, 0.4) is 0 Å². The third kappa shape index (κ3) is 4.32. The van der Waals surface area contributed by atoms with Crippen molar-refractivity contribution in [1.82, 2.24) is 0 Å². The van der Waals surface area contributed by atoms with Gasteiger partial charge < -0.3 is 14.2 Å². The van der Waals surface area contributed by atoms with Gasteiger partial charge in [-0.3, -0.25) is 4.79 Å². The van der Waals surface area contributed by atoms with Crippen molar-refractivity contribution >= 4 is 17.5 Å². The van der Waals surface area contributed by atoms with Crippen molar-refractivity contribution in [3.05, 3.63) is 65.2 Å². The molecule has 0 aromatic heterocycles. The lowest BCUT2D eigenvalue weighted by Gasteiger charge is -2.29. The van der Waals surface area contributed by atoms with Crippen LogP contribution < -0.4 is 4.74 Å². The Bertz CT molecular complexity index is 975. The number of hydrogen-bond acceptors (Lipinski definition) is 5. The van der Waals surface area contributed by atoms with Gasteiger partial charge in [0.05, 0.1) is 18.6 Å². The first-order valence-corrected chi connectivity index (χ1v) is 9.11. The number of methoxy groups -OCH3 is 1. The van der Waals surface area contributed by atoms with Gasteiger partial charge in [-0.15, -0.1) is 0 Å². The quantitative estimate of drug-likeness (QED) is 0.514. The topological polar surface area (TPSA) is 61.8 Å². The summed E-state index contributed by atoms with van der Waals surface area (Å²) in [6.07, 6.45) is -4.85. The SMILES string of the molecule is COC(=O)C1=C(c2ccc(Oc3ccc(C(F)(F)F)cc3)cc2)OC(C)C(C)C1=O. The van der Waals surface area contributed by atoms with Gasteiger partial charge in [-0.25, -0.2) is 4.79 Å². The molecule has 5 nitrogen and oxygen atoms in total. The average Bonchev–Trinajstić information content (AvgIpc) is 2.71. The summed E-state index contributed by atoms with van der Waals surface area (Å²) >= 11 is 0. The summed E-state index contributed by atoms with van der Waals surface area (Å²) in [4.78, 5) is 24.7. The van der Waals surface area contributed by atoms with Crippen molar-refractivity contribution in [3.8, 4) is 11.5 Å². The summed E-state index contributed by atoms with van der Waals surface area (Å²) in [7, 11) is 1.18. The van der Waals surface area contributed by atoms with Crippen LogP contribution in [0.15, 0.2) is 54.1 Å². The number of alkyl halides is 3. The first-order valence-electron chi connectivity index (χ1n) is 9.11. The molecule has 3 rings (SSSR count). The molecule has 0 saturated heterocycles. The lowest BCUT2D eigenvalue weighted by molar-refractivity contribution is -0.140. The van der Waals surface area contributed by atoms with E-state index in [4.69, 9.17) is 14.2 Å². The van der Waals surface area contributed by atoms with Gasteiger partial charge >= 0.3 is 12.1 Å². The van der Waals surface area contributed by atoms with Crippen molar-refractivity contribution in [2.45, 2.75) is 26.1 Å². The van der Waals surface area contributed by atoms with E-state index in [1.54, 1.807) is 38.1 Å². The minimum atomic E-state index is -4.42. The molecule has 1 aliphatic rings. The third-order valence-electron chi connectivity index (χ3n) is 4.82. The van der Waals surface area contributed by atoms with E-state index < -0.39 is 29.7 Å². The van der Waals surface area contributed by atoms with Crippen LogP contribution in [-0.4, -0.2) is 25.0 Å². The second-order valence-corrected chi connectivity index (χ2v) is 6.82. The van der Waals surface area contributed by atoms with E-state index in [0.717, 1.165) is 12.1 Å². The Labute approximate surface area is 171 Å². The molecule has 30 heavy (non-hydrogen) atoms. The van der Waals surface area contributed by atoms with E-state index in [2.05, 4.69) is 0 Å². The van der Waals surface area contributed by atoms with Crippen molar-refractivity contribution in [2.24, 2.45) is 5.92 Å². The molecule has 0 bridgehead atoms. The zero-order valence-electron chi connectivity index (χ0n) is 16.4. The highest BCUT2D eigenvalue weighted by Gasteiger charge is 2.38. The number of benzene rings is 2. The molecule has 0 amide bonds. The summed E-state index contributed by atoms with van der Waals surface area (Å²) < 4.78 is 54.0. The lowest BCUT2D eigenvalue weighted by Crippen LogP contribution is -2.35. The average molecular weight is 420 g/mol. The molecule has 0 aliphatic carbocycles. The van der Waals surface area contributed by atoms with Crippen molar-refractivity contribution in [2.75, 3.05) is 7.11 Å². The van der Waals surface area contributed by atoms with Gasteiger partial charge in [0.15, 0.2) is 5.78 Å². The number of carbonyl (C=O) groups is 2. The molecule has 2 atom stereocenters. The Hall–Kier alpha value is -3.29. The Kier molecular flexibility index (Phi) is 5.87. The van der Waals surface area contributed by atoms with Crippen LogP contribution in [0, 0.1) is 5.92 Å². The molecule has 1 heterocycles. The Balaban J connectivity index is 1.86. The predicted molar refractivity (Wildman–Crippen MR) is 102 cm³/mol. The van der Waals surface area contributed by atoms with E-state index >= 15 is 0 Å². The molecular weight excluding hydrogens is 401 g/mol. The van der Waals surface area contributed by atoms with Crippen LogP contribution in [0.4, 0.5) is 13.2 Å². The molecule has 0 fully saturated rings. The normalized spacial score (nSPS) is 19.3. The fourth-order valence-corrected chi connectivity index (χ4v) is 2.93. The van der Waals surface area contributed by atoms with Crippen LogP contribution >= 0.6 is 0 Å². The number of ether oxygens (including phenoxy) is 3. The van der Waals surface area contributed by atoms with Crippen LogP contribution in [0.5, 0.6) is 11.5 Å². The largest absolute Gasteiger partial charge is 0.488 e. The number of hydrogen-bond donors (Lipinski definition) is 0. The molecule has 2 aromatic rings. The smallest absolute Gasteiger partial charge is 0.416 e. The first-order chi connectivity index (χ1) is 14.1. The van der Waals surface area contributed by atoms with Gasteiger partial charge in [0, 0.05) is 5.56 Å². The summed E-state index contributed by atoms with van der Waals surface area (Å²) in [5.74, 6) is -0.915. The zero-order chi connectivity index (χ0) is 22.1. The van der Waals surface area contributed by atoms with Crippen LogP contribution in [-0.2, 0) is 25.2 Å². The van der Waals surface area contributed by atoms with Gasteiger partial charge in [0.25, 0.3) is 0 Å². The van der Waals surface area contributed by atoms with Crippen molar-refractivity contribution in [1.29, 1.82) is 0 Å². The van der Waals surface area contributed by atoms with Crippen molar-refractivity contribution < 1.29 is 37.0 Å². The summed E-state index contributed by atoms with van der Waals surface area (Å²) in [5.41, 5.74) is -0.447. The molecule has 2 aromatic carbocycles. The van der Waals surface area contributed by atoms with Crippen LogP contribution in [0.25, 0.3) is 5.76 Å². The highest BCUT2D eigenvalue weighted by Crippen LogP contribution is 2.34. The zero-order valence-corrected chi connectivity index (χ0v) is 16.4. The molecule has 0 saturated carbocycles. The Morgan fingerprint density at radius 3 is 2.00 bits per heavy atom. The van der Waals surface area contributed by atoms with Gasteiger partial charge in [0.1, 0.15) is 28.9 Å². The fourth-order valence-electron chi connectivity index (χ4n) is 2.93. The van der Waals surface area contributed by atoms with E-state index in [9.17, 15) is 22.8 Å². The monoisotopic (exact) mass is 420 g/mol. The third-order valence-corrected chi connectivity index (χ3v) is 4.82. The number of halogens is 3. The molecular formula is C22H19F3O5. The maximum Gasteiger partial charge on any atom is 0.416 e. The van der Waals surface area contributed by atoms with E-state index in [1.165, 1.54) is 19.2 Å². The van der Waals surface area contributed by atoms with E-state index in [-0.39, 0.29) is 22.9 Å². The van der Waals surface area contributed by atoms with Crippen LogP contribution in [0.1, 0.15) is 25.0 Å². The highest BCUT2D eigenvalue weighted by atomic mass is 19.4. The Morgan fingerprint density at radius 1 is 0.967 bits per heavy atom. The summed E-state index contributed by atoms with van der Waals surface area (Å²) in [5, 5.41) is 0. The summed E-state index contributed by atoms with van der Waals surface area (Å²) in [6.45, 7) is 3.41. The number of ketones is 1. The number of rotatable bonds is 4. The predicted octanol–water partition coefficient (Wildman–Crippen LogP) is 5.01. The lowest BCUT2D eigenvalue weighted by atomic mass is 9.89. The maximum atomic E-state index is 12.6. The summed E-state index contributed by atoms with van der Waals surface area (Å²) in [6, 6.07) is 10.6. The molecule has 0 spiro atoms. The first kappa shape index (κ1) is 21.4. The van der Waals surface area contributed by atoms with Crippen molar-refractivity contribution in [3.63, 3.8) is 0 Å². The second-order valence-electron chi connectivity index (χ2n) is 6.82. The molecule has 2 unspecified atom stereocenters. The molecule has 8 heteroatoms. The second kappa shape index (κ2) is 8.22. The molecule has 0 N–H and O–H groups in total. The Morgan fingerprint density at radius 2 is 1.50 bits per heavy atom. The number of esters is 1. The minimum absolute atomic E-state index is 0.124. The maximum absolute atomic E-state index is 12.6. The molecule has 158 valence electrons. The standard InChI is InChI=1S/C22H19F3O5/c1-12-13(2)29-20(18(19(12)26)21(27)28-3)14-4-8-16(9-5-14)30-17-10-6-15(7-11-17)22(23,24)25/h4-13H,1-3H3. The highest BCUT2D eigenvalue weighted by molar-refractivity contribution is 6.23. The van der Waals surface area contributed by atoms with Crippen LogP contribution in [0.2, 0.25) is 0 Å². The number of Topliss-reactive ketones (excluding diaryl/α,β-unsaturated/α-hetero) is 1. The fraction of sp³-hybridized carbons (Fsp3) is 0.273. The molecule has 1 aliphatic heterocycles. The molecule has 0 radical (unpaired) electrons. The number of carbonyl (C=O) groups excluding carboxylic acids is 2. The van der Waals surface area contributed by atoms with E-state index in [0.29, 0.717) is 11.3 Å².